The maximum Gasteiger partial charge on any atom is 0.229 e. The lowest BCUT2D eigenvalue weighted by Gasteiger charge is -2.17. The first-order valence-corrected chi connectivity index (χ1v) is 8.81. The first-order valence-electron chi connectivity index (χ1n) is 7.67. The number of hydrogen-bond acceptors (Lipinski definition) is 2. The number of nitrogens with zero attached hydrogens (tertiary/aromatic N) is 1. The van der Waals surface area contributed by atoms with Crippen LogP contribution in [0.5, 0.6) is 0 Å². The van der Waals surface area contributed by atoms with Gasteiger partial charge in [0.2, 0.25) is 11.8 Å². The van der Waals surface area contributed by atoms with Gasteiger partial charge in [-0.2, -0.15) is 0 Å². The lowest BCUT2D eigenvalue weighted by molar-refractivity contribution is -0.122. The minimum atomic E-state index is -0.459. The molecule has 1 aliphatic heterocycles. The minimum absolute atomic E-state index is 0.109. The van der Waals surface area contributed by atoms with Crippen molar-refractivity contribution >= 4 is 58.0 Å². The summed E-state index contributed by atoms with van der Waals surface area (Å²) >= 11 is 18.1. The maximum absolute atomic E-state index is 12.5. The van der Waals surface area contributed by atoms with Crippen molar-refractivity contribution < 1.29 is 9.59 Å². The van der Waals surface area contributed by atoms with Gasteiger partial charge in [-0.1, -0.05) is 40.9 Å². The molecule has 3 rings (SSSR count). The third kappa shape index (κ3) is 3.92. The van der Waals surface area contributed by atoms with Gasteiger partial charge in [-0.15, -0.1) is 0 Å². The summed E-state index contributed by atoms with van der Waals surface area (Å²) in [6.45, 7) is 2.19. The molecule has 0 aliphatic carbocycles. The van der Waals surface area contributed by atoms with Crippen LogP contribution in [0.25, 0.3) is 0 Å². The normalized spacial score (nSPS) is 17.0. The molecule has 1 heterocycles. The Balaban J connectivity index is 1.73. The van der Waals surface area contributed by atoms with Crippen molar-refractivity contribution in [1.29, 1.82) is 0 Å². The van der Waals surface area contributed by atoms with Crippen LogP contribution in [-0.4, -0.2) is 18.4 Å². The van der Waals surface area contributed by atoms with Crippen LogP contribution in [0.15, 0.2) is 36.4 Å². The number of carbonyl (C=O) groups is 2. The molecule has 1 atom stereocenters. The van der Waals surface area contributed by atoms with E-state index < -0.39 is 5.92 Å². The fourth-order valence-corrected chi connectivity index (χ4v) is 3.34. The molecule has 0 saturated carbocycles. The number of hydrogen-bond donors (Lipinski definition) is 1. The van der Waals surface area contributed by atoms with Crippen molar-refractivity contribution in [2.45, 2.75) is 13.3 Å². The molecule has 0 bridgehead atoms. The highest BCUT2D eigenvalue weighted by Gasteiger charge is 2.35. The first-order chi connectivity index (χ1) is 11.8. The number of nitrogens with one attached hydrogen (secondary N) is 1. The second kappa shape index (κ2) is 7.24. The van der Waals surface area contributed by atoms with Gasteiger partial charge >= 0.3 is 0 Å². The molecule has 2 aromatic carbocycles. The molecular formula is C18H15Cl3N2O2. The Morgan fingerprint density at radius 3 is 2.56 bits per heavy atom. The molecule has 1 N–H and O–H groups in total. The van der Waals surface area contributed by atoms with Crippen LogP contribution < -0.4 is 10.2 Å². The molecule has 0 aromatic heterocycles. The zero-order valence-corrected chi connectivity index (χ0v) is 15.6. The Morgan fingerprint density at radius 1 is 1.12 bits per heavy atom. The Hall–Kier alpha value is -1.75. The van der Waals surface area contributed by atoms with E-state index in [0.29, 0.717) is 33.0 Å². The lowest BCUT2D eigenvalue weighted by Crippen LogP contribution is -2.28. The van der Waals surface area contributed by atoms with Gasteiger partial charge in [0.05, 0.1) is 16.6 Å². The zero-order chi connectivity index (χ0) is 18.1. The van der Waals surface area contributed by atoms with Gasteiger partial charge in [-0.25, -0.2) is 0 Å². The maximum atomic E-state index is 12.5. The predicted molar refractivity (Wildman–Crippen MR) is 102 cm³/mol. The Labute approximate surface area is 160 Å². The highest BCUT2D eigenvalue weighted by molar-refractivity contribution is 6.36. The van der Waals surface area contributed by atoms with Crippen molar-refractivity contribution in [2.24, 2.45) is 5.92 Å². The van der Waals surface area contributed by atoms with E-state index in [2.05, 4.69) is 5.32 Å². The summed E-state index contributed by atoms with van der Waals surface area (Å²) < 4.78 is 0. The smallest absolute Gasteiger partial charge is 0.229 e. The van der Waals surface area contributed by atoms with Crippen LogP contribution in [0, 0.1) is 12.8 Å². The average Bonchev–Trinajstić information content (AvgIpc) is 2.95. The van der Waals surface area contributed by atoms with E-state index in [0.717, 1.165) is 5.56 Å². The summed E-state index contributed by atoms with van der Waals surface area (Å²) in [4.78, 5) is 26.4. The average molecular weight is 398 g/mol. The standard InChI is InChI=1S/C18H15Cl3N2O2/c1-10-2-4-13(8-14(10)20)23-9-11(6-17(23)24)18(25)22-16-5-3-12(19)7-15(16)21/h2-5,7-8,11H,6,9H2,1H3,(H,22,25)/t11-/m1/s1. The van der Waals surface area contributed by atoms with Gasteiger partial charge in [0.25, 0.3) is 0 Å². The van der Waals surface area contributed by atoms with E-state index in [9.17, 15) is 9.59 Å². The van der Waals surface area contributed by atoms with Crippen molar-refractivity contribution in [1.82, 2.24) is 0 Å². The second-order valence-electron chi connectivity index (χ2n) is 5.95. The van der Waals surface area contributed by atoms with Crippen LogP contribution in [-0.2, 0) is 9.59 Å². The van der Waals surface area contributed by atoms with Crippen molar-refractivity contribution in [3.8, 4) is 0 Å². The van der Waals surface area contributed by atoms with Crippen LogP contribution >= 0.6 is 34.8 Å². The van der Waals surface area contributed by atoms with Crippen molar-refractivity contribution in [3.05, 3.63) is 57.0 Å². The molecule has 0 spiro atoms. The summed E-state index contributed by atoms with van der Waals surface area (Å²) in [5.74, 6) is -0.820. The molecule has 25 heavy (non-hydrogen) atoms. The third-order valence-corrected chi connectivity index (χ3v) is 5.11. The highest BCUT2D eigenvalue weighted by Crippen LogP contribution is 2.30. The summed E-state index contributed by atoms with van der Waals surface area (Å²) in [7, 11) is 0. The SMILES string of the molecule is Cc1ccc(N2C[C@H](C(=O)Nc3ccc(Cl)cc3Cl)CC2=O)cc1Cl. The van der Waals surface area contributed by atoms with E-state index in [4.69, 9.17) is 34.8 Å². The van der Waals surface area contributed by atoms with Crippen LogP contribution in [0.3, 0.4) is 0 Å². The van der Waals surface area contributed by atoms with Gasteiger partial charge in [0.15, 0.2) is 0 Å². The summed E-state index contributed by atoms with van der Waals surface area (Å²) in [5.41, 5.74) is 2.10. The third-order valence-electron chi connectivity index (χ3n) is 4.15. The summed E-state index contributed by atoms with van der Waals surface area (Å²) in [5, 5.41) is 4.19. The van der Waals surface area contributed by atoms with E-state index in [-0.39, 0.29) is 18.2 Å². The molecule has 1 saturated heterocycles. The number of aryl methyl sites for hydroxylation is 1. The number of rotatable bonds is 3. The van der Waals surface area contributed by atoms with E-state index in [1.807, 2.05) is 19.1 Å². The zero-order valence-electron chi connectivity index (χ0n) is 13.4. The monoisotopic (exact) mass is 396 g/mol. The lowest BCUT2D eigenvalue weighted by atomic mass is 10.1. The van der Waals surface area contributed by atoms with E-state index in [1.54, 1.807) is 29.2 Å². The van der Waals surface area contributed by atoms with Gasteiger partial charge in [0.1, 0.15) is 0 Å². The molecule has 2 aromatic rings. The molecule has 130 valence electrons. The summed E-state index contributed by atoms with van der Waals surface area (Å²) in [6, 6.07) is 10.3. The van der Waals surface area contributed by atoms with Crippen LogP contribution in [0.4, 0.5) is 11.4 Å². The first kappa shape index (κ1) is 18.1. The largest absolute Gasteiger partial charge is 0.324 e. The summed E-state index contributed by atoms with van der Waals surface area (Å²) in [6.07, 6.45) is 0.141. The molecule has 0 radical (unpaired) electrons. The Morgan fingerprint density at radius 2 is 1.88 bits per heavy atom. The van der Waals surface area contributed by atoms with Gasteiger partial charge in [0, 0.05) is 28.7 Å². The fraction of sp³-hybridized carbons (Fsp3) is 0.222. The van der Waals surface area contributed by atoms with E-state index >= 15 is 0 Å². The molecule has 7 heteroatoms. The topological polar surface area (TPSA) is 49.4 Å². The highest BCUT2D eigenvalue weighted by atomic mass is 35.5. The van der Waals surface area contributed by atoms with Gasteiger partial charge in [-0.3, -0.25) is 9.59 Å². The molecule has 4 nitrogen and oxygen atoms in total. The van der Waals surface area contributed by atoms with Crippen molar-refractivity contribution in [3.63, 3.8) is 0 Å². The van der Waals surface area contributed by atoms with Gasteiger partial charge < -0.3 is 10.2 Å². The number of benzene rings is 2. The second-order valence-corrected chi connectivity index (χ2v) is 7.20. The van der Waals surface area contributed by atoms with Crippen LogP contribution in [0.1, 0.15) is 12.0 Å². The Bertz CT molecular complexity index is 854. The predicted octanol–water partition coefficient (Wildman–Crippen LogP) is 4.95. The molecular weight excluding hydrogens is 383 g/mol. The van der Waals surface area contributed by atoms with Gasteiger partial charge in [-0.05, 0) is 42.8 Å². The number of amides is 2. The molecule has 1 aliphatic rings. The number of halogens is 3. The number of anilines is 2. The molecule has 2 amide bonds. The molecule has 1 fully saturated rings. The molecule has 0 unspecified atom stereocenters. The van der Waals surface area contributed by atoms with Crippen molar-refractivity contribution in [2.75, 3.05) is 16.8 Å². The quantitative estimate of drug-likeness (QED) is 0.797. The number of carbonyl (C=O) groups excluding carboxylic acids is 2. The minimum Gasteiger partial charge on any atom is -0.324 e. The van der Waals surface area contributed by atoms with Crippen LogP contribution in [0.2, 0.25) is 15.1 Å². The Kier molecular flexibility index (Phi) is 5.23. The fourth-order valence-electron chi connectivity index (χ4n) is 2.71. The van der Waals surface area contributed by atoms with E-state index in [1.165, 1.54) is 0 Å².